The van der Waals surface area contributed by atoms with Gasteiger partial charge >= 0.3 is 5.97 Å². The van der Waals surface area contributed by atoms with Gasteiger partial charge in [-0.25, -0.2) is 0 Å². The van der Waals surface area contributed by atoms with E-state index in [0.29, 0.717) is 6.61 Å². The Morgan fingerprint density at radius 3 is 2.65 bits per heavy atom. The molecule has 0 amide bonds. The zero-order valence-corrected chi connectivity index (χ0v) is 11.4. The zero-order chi connectivity index (χ0) is 14.5. The van der Waals surface area contributed by atoms with Crippen LogP contribution < -0.4 is 0 Å². The van der Waals surface area contributed by atoms with E-state index in [1.54, 1.807) is 0 Å². The van der Waals surface area contributed by atoms with Crippen molar-refractivity contribution in [3.05, 3.63) is 35.9 Å². The fraction of sp³-hybridized carbons (Fsp3) is 0.533. The van der Waals surface area contributed by atoms with E-state index in [1.165, 1.54) is 6.92 Å². The number of hydrogen-bond donors (Lipinski definition) is 2. The van der Waals surface area contributed by atoms with E-state index in [0.717, 1.165) is 5.56 Å². The molecule has 5 heteroatoms. The summed E-state index contributed by atoms with van der Waals surface area (Å²) in [6.45, 7) is 1.98. The van der Waals surface area contributed by atoms with Crippen molar-refractivity contribution >= 4 is 5.97 Å². The first kappa shape index (κ1) is 15.0. The molecule has 5 nitrogen and oxygen atoms in total. The fourth-order valence-electron chi connectivity index (χ4n) is 2.50. The summed E-state index contributed by atoms with van der Waals surface area (Å²) in [6, 6.07) is 9.67. The molecule has 2 N–H and O–H groups in total. The lowest BCUT2D eigenvalue weighted by Crippen LogP contribution is -2.32. The van der Waals surface area contributed by atoms with Crippen molar-refractivity contribution in [1.82, 2.24) is 0 Å². The van der Waals surface area contributed by atoms with Gasteiger partial charge in [0.2, 0.25) is 0 Å². The summed E-state index contributed by atoms with van der Waals surface area (Å²) in [5.41, 5.74) is 1.03. The Morgan fingerprint density at radius 2 is 2.00 bits per heavy atom. The molecule has 2 rings (SSSR count). The van der Waals surface area contributed by atoms with Crippen molar-refractivity contribution < 1.29 is 24.5 Å². The van der Waals surface area contributed by atoms with Crippen molar-refractivity contribution in [2.45, 2.75) is 38.3 Å². The molecule has 0 spiro atoms. The lowest BCUT2D eigenvalue weighted by atomic mass is 10.0. The summed E-state index contributed by atoms with van der Waals surface area (Å²) in [4.78, 5) is 11.0. The molecule has 20 heavy (non-hydrogen) atoms. The molecular formula is C15H20O5. The number of esters is 1. The van der Waals surface area contributed by atoms with E-state index in [4.69, 9.17) is 9.47 Å². The zero-order valence-electron chi connectivity index (χ0n) is 11.4. The third-order valence-corrected chi connectivity index (χ3v) is 3.52. The number of aliphatic hydroxyl groups is 2. The van der Waals surface area contributed by atoms with E-state index >= 15 is 0 Å². The third kappa shape index (κ3) is 3.79. The van der Waals surface area contributed by atoms with Crippen LogP contribution in [0.15, 0.2) is 30.3 Å². The van der Waals surface area contributed by atoms with Crippen molar-refractivity contribution in [2.75, 3.05) is 6.61 Å². The normalized spacial score (nSPS) is 29.4. The van der Waals surface area contributed by atoms with E-state index in [1.807, 2.05) is 30.3 Å². The molecule has 110 valence electrons. The van der Waals surface area contributed by atoms with Crippen LogP contribution >= 0.6 is 0 Å². The van der Waals surface area contributed by atoms with Crippen LogP contribution in [-0.4, -0.2) is 41.1 Å². The summed E-state index contributed by atoms with van der Waals surface area (Å²) in [5.74, 6) is -0.804. The number of ether oxygens (including phenoxy) is 2. The summed E-state index contributed by atoms with van der Waals surface area (Å²) < 4.78 is 10.7. The molecule has 1 saturated carbocycles. The quantitative estimate of drug-likeness (QED) is 0.783. The van der Waals surface area contributed by atoms with Crippen LogP contribution in [0.5, 0.6) is 0 Å². The van der Waals surface area contributed by atoms with Gasteiger partial charge in [-0.05, 0) is 5.56 Å². The number of carbonyl (C=O) groups is 1. The molecule has 4 atom stereocenters. The summed E-state index contributed by atoms with van der Waals surface area (Å²) in [7, 11) is 0. The molecule has 1 aliphatic rings. The van der Waals surface area contributed by atoms with Crippen molar-refractivity contribution in [3.63, 3.8) is 0 Å². The molecule has 1 aromatic carbocycles. The molecule has 1 fully saturated rings. The van der Waals surface area contributed by atoms with E-state index in [-0.39, 0.29) is 13.0 Å². The highest BCUT2D eigenvalue weighted by molar-refractivity contribution is 5.66. The summed E-state index contributed by atoms with van der Waals surface area (Å²) in [6.07, 6.45) is -2.03. The Labute approximate surface area is 118 Å². The second-order valence-corrected chi connectivity index (χ2v) is 5.11. The largest absolute Gasteiger partial charge is 0.462 e. The lowest BCUT2D eigenvalue weighted by molar-refractivity contribution is -0.150. The van der Waals surface area contributed by atoms with E-state index in [9.17, 15) is 15.0 Å². The number of aliphatic hydroxyl groups excluding tert-OH is 2. The van der Waals surface area contributed by atoms with Gasteiger partial charge in [-0.1, -0.05) is 30.3 Å². The minimum atomic E-state index is -0.921. The highest BCUT2D eigenvalue weighted by Gasteiger charge is 2.43. The summed E-state index contributed by atoms with van der Waals surface area (Å²) in [5, 5.41) is 19.6. The van der Waals surface area contributed by atoms with Gasteiger partial charge in [0.15, 0.2) is 0 Å². The van der Waals surface area contributed by atoms with Crippen molar-refractivity contribution in [2.24, 2.45) is 5.92 Å². The molecule has 0 saturated heterocycles. The Morgan fingerprint density at radius 1 is 1.30 bits per heavy atom. The first-order valence-electron chi connectivity index (χ1n) is 6.73. The average molecular weight is 280 g/mol. The molecule has 0 aromatic heterocycles. The predicted molar refractivity (Wildman–Crippen MR) is 71.8 cm³/mol. The minimum absolute atomic E-state index is 0.241. The van der Waals surface area contributed by atoms with Gasteiger partial charge in [-0.3, -0.25) is 4.79 Å². The first-order chi connectivity index (χ1) is 9.58. The highest BCUT2D eigenvalue weighted by atomic mass is 16.5. The maximum absolute atomic E-state index is 11.0. The molecule has 0 aliphatic heterocycles. The van der Waals surface area contributed by atoms with Crippen LogP contribution in [0.2, 0.25) is 0 Å². The Hall–Kier alpha value is -1.43. The van der Waals surface area contributed by atoms with Crippen molar-refractivity contribution in [1.29, 1.82) is 0 Å². The maximum atomic E-state index is 11.0. The van der Waals surface area contributed by atoms with Gasteiger partial charge in [0.25, 0.3) is 0 Å². The highest BCUT2D eigenvalue weighted by Crippen LogP contribution is 2.30. The van der Waals surface area contributed by atoms with E-state index < -0.39 is 30.2 Å². The molecule has 1 aromatic rings. The lowest BCUT2D eigenvalue weighted by Gasteiger charge is -2.21. The van der Waals surface area contributed by atoms with Gasteiger partial charge in [-0.15, -0.1) is 0 Å². The molecule has 0 bridgehead atoms. The van der Waals surface area contributed by atoms with Crippen LogP contribution in [0, 0.1) is 5.92 Å². The topological polar surface area (TPSA) is 76.0 Å². The Kier molecular flexibility index (Phi) is 5.11. The molecule has 0 unspecified atom stereocenters. The standard InChI is InChI=1S/C15H20O5/c1-10(16)20-14-7-13(17)15(18)12(14)9-19-8-11-5-3-2-4-6-11/h2-6,12-15,17-18H,7-9H2,1H3/t12-,13-,14+,15+/m0/s1. The number of carbonyl (C=O) groups excluding carboxylic acids is 1. The molecule has 0 radical (unpaired) electrons. The second kappa shape index (κ2) is 6.83. The first-order valence-corrected chi connectivity index (χ1v) is 6.73. The molecule has 1 aliphatic carbocycles. The second-order valence-electron chi connectivity index (χ2n) is 5.11. The molecule has 0 heterocycles. The van der Waals surface area contributed by atoms with Gasteiger partial charge in [0, 0.05) is 19.3 Å². The fourth-order valence-corrected chi connectivity index (χ4v) is 2.50. The maximum Gasteiger partial charge on any atom is 0.302 e. The minimum Gasteiger partial charge on any atom is -0.462 e. The van der Waals surface area contributed by atoms with Crippen LogP contribution in [0.1, 0.15) is 18.9 Å². The van der Waals surface area contributed by atoms with E-state index in [2.05, 4.69) is 0 Å². The average Bonchev–Trinajstić information content (AvgIpc) is 2.67. The summed E-state index contributed by atoms with van der Waals surface area (Å²) >= 11 is 0. The third-order valence-electron chi connectivity index (χ3n) is 3.52. The molecular weight excluding hydrogens is 260 g/mol. The van der Waals surface area contributed by atoms with Gasteiger partial charge in [-0.2, -0.15) is 0 Å². The Balaban J connectivity index is 1.87. The van der Waals surface area contributed by atoms with Gasteiger partial charge < -0.3 is 19.7 Å². The Bertz CT molecular complexity index is 433. The number of benzene rings is 1. The van der Waals surface area contributed by atoms with Crippen molar-refractivity contribution in [3.8, 4) is 0 Å². The SMILES string of the molecule is CC(=O)O[C@@H]1C[C@H](O)[C@H](O)[C@H]1COCc1ccccc1. The smallest absolute Gasteiger partial charge is 0.302 e. The van der Waals surface area contributed by atoms with Crippen LogP contribution in [-0.2, 0) is 20.9 Å². The van der Waals surface area contributed by atoms with Crippen LogP contribution in [0.25, 0.3) is 0 Å². The van der Waals surface area contributed by atoms with Gasteiger partial charge in [0.05, 0.1) is 25.4 Å². The van der Waals surface area contributed by atoms with Crippen LogP contribution in [0.3, 0.4) is 0 Å². The van der Waals surface area contributed by atoms with Crippen LogP contribution in [0.4, 0.5) is 0 Å². The van der Waals surface area contributed by atoms with Gasteiger partial charge in [0.1, 0.15) is 6.10 Å². The monoisotopic (exact) mass is 280 g/mol. The predicted octanol–water partition coefficient (Wildman–Crippen LogP) is 0.877. The number of rotatable bonds is 5. The number of hydrogen-bond acceptors (Lipinski definition) is 5.